The highest BCUT2D eigenvalue weighted by molar-refractivity contribution is 7.10. The van der Waals surface area contributed by atoms with E-state index in [-0.39, 0.29) is 30.6 Å². The standard InChI is InChI=1S/C25H33N3O4S/c1-3-26-25(30)27(15-19-8-6-13-31-19)16-24(29)28-12-10-23-20(11-14-33-23)21(28)17-32-22-9-5-4-7-18(22)2/h4-5,7,9,11,14,19,21H,3,6,8,10,12-13,15-17H2,1-2H3,(H,26,30). The number of thiophene rings is 1. The number of nitrogens with zero attached hydrogens (tertiary/aromatic N) is 2. The van der Waals surface area contributed by atoms with Crippen LogP contribution in [0.3, 0.4) is 0 Å². The lowest BCUT2D eigenvalue weighted by Gasteiger charge is -2.37. The molecule has 178 valence electrons. The van der Waals surface area contributed by atoms with Gasteiger partial charge in [0.2, 0.25) is 5.91 Å². The van der Waals surface area contributed by atoms with E-state index >= 15 is 0 Å². The average Bonchev–Trinajstić information content (AvgIpc) is 3.50. The zero-order valence-corrected chi connectivity index (χ0v) is 20.2. The van der Waals surface area contributed by atoms with Crippen LogP contribution in [-0.4, -0.2) is 67.2 Å². The van der Waals surface area contributed by atoms with Gasteiger partial charge in [0, 0.05) is 31.1 Å². The van der Waals surface area contributed by atoms with E-state index in [1.54, 1.807) is 16.2 Å². The highest BCUT2D eigenvalue weighted by Gasteiger charge is 2.34. The molecule has 33 heavy (non-hydrogen) atoms. The lowest BCUT2D eigenvalue weighted by Crippen LogP contribution is -2.51. The van der Waals surface area contributed by atoms with Crippen LogP contribution in [0, 0.1) is 6.92 Å². The summed E-state index contributed by atoms with van der Waals surface area (Å²) in [6.07, 6.45) is 2.73. The Kier molecular flexibility index (Phi) is 7.88. The number of ether oxygens (including phenoxy) is 2. The van der Waals surface area contributed by atoms with E-state index in [1.807, 2.05) is 43.0 Å². The molecule has 0 aliphatic carbocycles. The van der Waals surface area contributed by atoms with Crippen LogP contribution in [-0.2, 0) is 16.0 Å². The maximum atomic E-state index is 13.5. The number of nitrogens with one attached hydrogen (secondary N) is 1. The number of carbonyl (C=O) groups excluding carboxylic acids is 2. The Hall–Kier alpha value is -2.58. The number of urea groups is 1. The molecule has 0 saturated carbocycles. The van der Waals surface area contributed by atoms with Crippen LogP contribution < -0.4 is 10.1 Å². The second-order valence-electron chi connectivity index (χ2n) is 8.58. The third kappa shape index (κ3) is 5.68. The molecule has 3 amide bonds. The lowest BCUT2D eigenvalue weighted by atomic mass is 10.0. The van der Waals surface area contributed by atoms with Gasteiger partial charge in [0.25, 0.3) is 0 Å². The smallest absolute Gasteiger partial charge is 0.317 e. The van der Waals surface area contributed by atoms with E-state index in [4.69, 9.17) is 9.47 Å². The number of benzene rings is 1. The average molecular weight is 472 g/mol. The maximum absolute atomic E-state index is 13.5. The fourth-order valence-electron chi connectivity index (χ4n) is 4.53. The topological polar surface area (TPSA) is 71.1 Å². The molecule has 1 aromatic carbocycles. The first kappa shape index (κ1) is 23.6. The Bertz CT molecular complexity index is 957. The summed E-state index contributed by atoms with van der Waals surface area (Å²) in [5, 5.41) is 4.92. The second-order valence-corrected chi connectivity index (χ2v) is 9.58. The van der Waals surface area contributed by atoms with Crippen LogP contribution in [0.2, 0.25) is 0 Å². The Balaban J connectivity index is 1.49. The van der Waals surface area contributed by atoms with Crippen LogP contribution in [0.5, 0.6) is 5.75 Å². The first-order valence-corrected chi connectivity index (χ1v) is 12.6. The summed E-state index contributed by atoms with van der Waals surface area (Å²) in [4.78, 5) is 31.0. The summed E-state index contributed by atoms with van der Waals surface area (Å²) < 4.78 is 11.9. The van der Waals surface area contributed by atoms with Crippen LogP contribution in [0.25, 0.3) is 0 Å². The molecule has 2 aliphatic heterocycles. The van der Waals surface area contributed by atoms with Gasteiger partial charge in [0.1, 0.15) is 18.9 Å². The van der Waals surface area contributed by atoms with E-state index in [0.29, 0.717) is 32.8 Å². The predicted molar refractivity (Wildman–Crippen MR) is 129 cm³/mol. The highest BCUT2D eigenvalue weighted by atomic mass is 32.1. The molecular weight excluding hydrogens is 438 g/mol. The Morgan fingerprint density at radius 3 is 2.91 bits per heavy atom. The SMILES string of the molecule is CCNC(=O)N(CC(=O)N1CCc2sccc2C1COc1ccccc1C)CC1CCCO1. The highest BCUT2D eigenvalue weighted by Crippen LogP contribution is 2.34. The van der Waals surface area contributed by atoms with Gasteiger partial charge in [-0.1, -0.05) is 18.2 Å². The minimum Gasteiger partial charge on any atom is -0.491 e. The first-order chi connectivity index (χ1) is 16.1. The van der Waals surface area contributed by atoms with Gasteiger partial charge >= 0.3 is 6.03 Å². The molecule has 0 radical (unpaired) electrons. The fraction of sp³-hybridized carbons (Fsp3) is 0.520. The minimum absolute atomic E-state index is 0.00887. The number of rotatable bonds is 8. The zero-order chi connectivity index (χ0) is 23.2. The first-order valence-electron chi connectivity index (χ1n) is 11.7. The van der Waals surface area contributed by atoms with Crippen molar-refractivity contribution >= 4 is 23.3 Å². The molecule has 1 saturated heterocycles. The largest absolute Gasteiger partial charge is 0.491 e. The monoisotopic (exact) mass is 471 g/mol. The number of hydrogen-bond acceptors (Lipinski definition) is 5. The van der Waals surface area contributed by atoms with Gasteiger partial charge in [0.15, 0.2) is 0 Å². The molecule has 3 heterocycles. The van der Waals surface area contributed by atoms with E-state index in [9.17, 15) is 9.59 Å². The van der Waals surface area contributed by atoms with Gasteiger partial charge in [-0.15, -0.1) is 11.3 Å². The summed E-state index contributed by atoms with van der Waals surface area (Å²) in [7, 11) is 0. The van der Waals surface area contributed by atoms with E-state index in [0.717, 1.165) is 36.1 Å². The molecule has 2 aromatic rings. The third-order valence-corrected chi connectivity index (χ3v) is 7.29. The number of fused-ring (bicyclic) bond motifs is 1. The van der Waals surface area contributed by atoms with E-state index in [1.165, 1.54) is 4.88 Å². The van der Waals surface area contributed by atoms with Gasteiger partial charge in [-0.25, -0.2) is 4.79 Å². The summed E-state index contributed by atoms with van der Waals surface area (Å²) in [5.74, 6) is 0.768. The maximum Gasteiger partial charge on any atom is 0.317 e. The van der Waals surface area contributed by atoms with Crippen molar-refractivity contribution in [3.8, 4) is 5.75 Å². The molecule has 4 rings (SSSR count). The van der Waals surface area contributed by atoms with Crippen molar-refractivity contribution < 1.29 is 19.1 Å². The summed E-state index contributed by atoms with van der Waals surface area (Å²) in [6, 6.07) is 9.62. The molecule has 0 spiro atoms. The number of para-hydroxylation sites is 1. The van der Waals surface area contributed by atoms with Crippen molar-refractivity contribution in [2.45, 2.75) is 45.3 Å². The van der Waals surface area contributed by atoms with Crippen LogP contribution >= 0.6 is 11.3 Å². The molecule has 1 N–H and O–H groups in total. The lowest BCUT2D eigenvalue weighted by molar-refractivity contribution is -0.135. The zero-order valence-electron chi connectivity index (χ0n) is 19.4. The van der Waals surface area contributed by atoms with Crippen LogP contribution in [0.15, 0.2) is 35.7 Å². The van der Waals surface area contributed by atoms with Gasteiger partial charge in [-0.3, -0.25) is 4.79 Å². The Labute approximate surface area is 199 Å². The van der Waals surface area contributed by atoms with E-state index in [2.05, 4.69) is 16.8 Å². The molecular formula is C25H33N3O4S. The van der Waals surface area contributed by atoms with Gasteiger partial charge in [0.05, 0.1) is 12.1 Å². The van der Waals surface area contributed by atoms with Crippen molar-refractivity contribution in [3.05, 3.63) is 51.7 Å². The van der Waals surface area contributed by atoms with Crippen LogP contribution in [0.1, 0.15) is 41.8 Å². The molecule has 1 aromatic heterocycles. The Morgan fingerprint density at radius 1 is 1.30 bits per heavy atom. The van der Waals surface area contributed by atoms with Crippen LogP contribution in [0.4, 0.5) is 4.79 Å². The van der Waals surface area contributed by atoms with Gasteiger partial charge < -0.3 is 24.6 Å². The van der Waals surface area contributed by atoms with E-state index < -0.39 is 0 Å². The van der Waals surface area contributed by atoms with Gasteiger partial charge in [-0.2, -0.15) is 0 Å². The summed E-state index contributed by atoms with van der Waals surface area (Å²) >= 11 is 1.73. The van der Waals surface area contributed by atoms with Crippen molar-refractivity contribution in [3.63, 3.8) is 0 Å². The normalized spacial score (nSPS) is 19.8. The number of aryl methyl sites for hydroxylation is 1. The third-order valence-electron chi connectivity index (χ3n) is 6.29. The van der Waals surface area contributed by atoms with Gasteiger partial charge in [-0.05, 0) is 61.7 Å². The predicted octanol–water partition coefficient (Wildman–Crippen LogP) is 3.77. The number of hydrogen-bond donors (Lipinski definition) is 1. The van der Waals surface area contributed by atoms with Crippen molar-refractivity contribution in [1.29, 1.82) is 0 Å². The van der Waals surface area contributed by atoms with Crippen molar-refractivity contribution in [2.75, 3.05) is 39.4 Å². The second kappa shape index (κ2) is 11.0. The Morgan fingerprint density at radius 2 is 2.15 bits per heavy atom. The molecule has 0 bridgehead atoms. The quantitative estimate of drug-likeness (QED) is 0.636. The molecule has 2 aliphatic rings. The molecule has 7 nitrogen and oxygen atoms in total. The number of carbonyl (C=O) groups is 2. The summed E-state index contributed by atoms with van der Waals surface area (Å²) in [5.41, 5.74) is 2.22. The molecule has 1 fully saturated rings. The fourth-order valence-corrected chi connectivity index (χ4v) is 5.46. The van der Waals surface area contributed by atoms with Crippen molar-refractivity contribution in [1.82, 2.24) is 15.1 Å². The summed E-state index contributed by atoms with van der Waals surface area (Å²) in [6.45, 7) is 6.60. The molecule has 2 unspecified atom stereocenters. The number of amides is 3. The molecule has 8 heteroatoms. The molecule has 2 atom stereocenters. The minimum atomic E-state index is -0.220. The van der Waals surface area contributed by atoms with Crippen molar-refractivity contribution in [2.24, 2.45) is 0 Å².